The number of halogens is 1. The Morgan fingerprint density at radius 2 is 2.24 bits per heavy atom. The average Bonchev–Trinajstić information content (AvgIpc) is 2.46. The zero-order valence-corrected chi connectivity index (χ0v) is 13.4. The molecule has 112 valence electrons. The molecule has 1 aromatic rings. The Kier molecular flexibility index (Phi) is 4.58. The molecular weight excluding hydrogens is 306 g/mol. The van der Waals surface area contributed by atoms with Gasteiger partial charge in [-0.25, -0.2) is 4.79 Å². The molecule has 1 unspecified atom stereocenters. The molecule has 0 N–H and O–H groups in total. The molecule has 0 amide bonds. The van der Waals surface area contributed by atoms with Crippen molar-refractivity contribution in [2.24, 2.45) is 4.99 Å². The van der Waals surface area contributed by atoms with Gasteiger partial charge in [0.25, 0.3) is 0 Å². The Bertz CT molecular complexity index is 561. The Morgan fingerprint density at radius 1 is 1.38 bits per heavy atom. The van der Waals surface area contributed by atoms with Gasteiger partial charge >= 0.3 is 0 Å². The predicted octanol–water partition coefficient (Wildman–Crippen LogP) is 4.33. The Balaban J connectivity index is 1.77. The van der Waals surface area contributed by atoms with E-state index in [1.54, 1.807) is 6.08 Å². The fourth-order valence-corrected chi connectivity index (χ4v) is 4.19. The molecule has 1 aromatic carbocycles. The van der Waals surface area contributed by atoms with Crippen molar-refractivity contribution in [1.29, 1.82) is 0 Å². The van der Waals surface area contributed by atoms with Gasteiger partial charge in [0.2, 0.25) is 6.08 Å². The van der Waals surface area contributed by atoms with E-state index in [9.17, 15) is 4.79 Å². The lowest BCUT2D eigenvalue weighted by atomic mass is 9.72. The van der Waals surface area contributed by atoms with Crippen LogP contribution in [0.5, 0.6) is 5.75 Å². The minimum absolute atomic E-state index is 0.248. The number of aliphatic imine (C=N–C) groups is 1. The first kappa shape index (κ1) is 15.0. The molecule has 2 aliphatic rings. The normalized spacial score (nSPS) is 23.8. The standard InChI is InChI=1S/C16H18ClNO2S/c17-14-9-12(16(18-11-19)6-2-7-16)4-5-15(14)20-13-3-1-8-21-10-13/h4-5,9,13H,1-3,6-8,10H2. The van der Waals surface area contributed by atoms with Gasteiger partial charge in [0, 0.05) is 5.75 Å². The van der Waals surface area contributed by atoms with Gasteiger partial charge in [-0.2, -0.15) is 16.8 Å². The Hall–Kier alpha value is -0.960. The number of benzene rings is 1. The molecule has 0 bridgehead atoms. The third kappa shape index (κ3) is 3.13. The molecule has 2 fully saturated rings. The first-order chi connectivity index (χ1) is 10.2. The van der Waals surface area contributed by atoms with Crippen molar-refractivity contribution in [3.05, 3.63) is 28.8 Å². The third-order valence-electron chi connectivity index (χ3n) is 4.32. The van der Waals surface area contributed by atoms with Crippen LogP contribution >= 0.6 is 23.4 Å². The molecule has 1 atom stereocenters. The highest BCUT2D eigenvalue weighted by molar-refractivity contribution is 7.99. The van der Waals surface area contributed by atoms with Crippen LogP contribution in [0.1, 0.15) is 37.7 Å². The van der Waals surface area contributed by atoms with Gasteiger partial charge in [-0.05, 0) is 55.6 Å². The van der Waals surface area contributed by atoms with Crippen molar-refractivity contribution < 1.29 is 9.53 Å². The van der Waals surface area contributed by atoms with Crippen molar-refractivity contribution in [2.75, 3.05) is 11.5 Å². The van der Waals surface area contributed by atoms with Crippen LogP contribution in [0.4, 0.5) is 0 Å². The SMILES string of the molecule is O=C=NC1(c2ccc(OC3CCCSC3)c(Cl)c2)CCC1. The van der Waals surface area contributed by atoms with Crippen molar-refractivity contribution in [2.45, 2.75) is 43.7 Å². The summed E-state index contributed by atoms with van der Waals surface area (Å²) in [5.74, 6) is 2.98. The predicted molar refractivity (Wildman–Crippen MR) is 86.1 cm³/mol. The molecule has 1 aliphatic carbocycles. The molecule has 5 heteroatoms. The summed E-state index contributed by atoms with van der Waals surface area (Å²) in [4.78, 5) is 14.7. The number of hydrogen-bond donors (Lipinski definition) is 0. The summed E-state index contributed by atoms with van der Waals surface area (Å²) in [6.07, 6.45) is 7.10. The maximum Gasteiger partial charge on any atom is 0.235 e. The summed E-state index contributed by atoms with van der Waals surface area (Å²) in [6.45, 7) is 0. The lowest BCUT2D eigenvalue weighted by Crippen LogP contribution is -2.31. The van der Waals surface area contributed by atoms with E-state index in [4.69, 9.17) is 16.3 Å². The summed E-state index contributed by atoms with van der Waals surface area (Å²) < 4.78 is 6.00. The van der Waals surface area contributed by atoms with Gasteiger partial charge in [0.1, 0.15) is 11.9 Å². The van der Waals surface area contributed by atoms with Crippen LogP contribution in [-0.4, -0.2) is 23.7 Å². The highest BCUT2D eigenvalue weighted by Gasteiger charge is 2.39. The summed E-state index contributed by atoms with van der Waals surface area (Å²) in [7, 11) is 0. The van der Waals surface area contributed by atoms with Crippen LogP contribution in [0, 0.1) is 0 Å². The minimum Gasteiger partial charge on any atom is -0.488 e. The fraction of sp³-hybridized carbons (Fsp3) is 0.562. The summed E-state index contributed by atoms with van der Waals surface area (Å²) in [5.41, 5.74) is 0.595. The van der Waals surface area contributed by atoms with E-state index in [2.05, 4.69) is 4.99 Å². The lowest BCUT2D eigenvalue weighted by molar-refractivity contribution is 0.211. The van der Waals surface area contributed by atoms with Gasteiger partial charge in [0.15, 0.2) is 0 Å². The minimum atomic E-state index is -0.398. The fourth-order valence-electron chi connectivity index (χ4n) is 2.93. The molecule has 1 saturated carbocycles. The highest BCUT2D eigenvalue weighted by Crippen LogP contribution is 2.46. The molecule has 0 radical (unpaired) electrons. The van der Waals surface area contributed by atoms with Crippen LogP contribution in [-0.2, 0) is 10.3 Å². The summed E-state index contributed by atoms with van der Waals surface area (Å²) in [6, 6.07) is 5.79. The molecule has 1 saturated heterocycles. The summed E-state index contributed by atoms with van der Waals surface area (Å²) >= 11 is 8.29. The van der Waals surface area contributed by atoms with Crippen LogP contribution in [0.15, 0.2) is 23.2 Å². The van der Waals surface area contributed by atoms with E-state index in [1.807, 2.05) is 30.0 Å². The first-order valence-corrected chi connectivity index (χ1v) is 8.90. The largest absolute Gasteiger partial charge is 0.488 e. The molecule has 3 nitrogen and oxygen atoms in total. The average molecular weight is 324 g/mol. The number of rotatable bonds is 4. The van der Waals surface area contributed by atoms with E-state index in [1.165, 1.54) is 12.2 Å². The van der Waals surface area contributed by atoms with Gasteiger partial charge < -0.3 is 4.74 Å². The molecule has 0 spiro atoms. The maximum absolute atomic E-state index is 10.6. The second-order valence-electron chi connectivity index (χ2n) is 5.69. The third-order valence-corrected chi connectivity index (χ3v) is 5.80. The number of isocyanates is 1. The molecule has 1 heterocycles. The van der Waals surface area contributed by atoms with Gasteiger partial charge in [-0.15, -0.1) is 0 Å². The van der Waals surface area contributed by atoms with E-state index >= 15 is 0 Å². The number of thioether (sulfide) groups is 1. The quantitative estimate of drug-likeness (QED) is 0.611. The van der Waals surface area contributed by atoms with Gasteiger partial charge in [-0.1, -0.05) is 17.7 Å². The van der Waals surface area contributed by atoms with E-state index in [0.29, 0.717) is 5.02 Å². The summed E-state index contributed by atoms with van der Waals surface area (Å²) in [5, 5.41) is 0.607. The van der Waals surface area contributed by atoms with Crippen molar-refractivity contribution in [3.63, 3.8) is 0 Å². The van der Waals surface area contributed by atoms with E-state index in [-0.39, 0.29) is 6.10 Å². The molecule has 1 aliphatic heterocycles. The zero-order chi connectivity index (χ0) is 14.7. The highest BCUT2D eigenvalue weighted by atomic mass is 35.5. The molecule has 0 aromatic heterocycles. The van der Waals surface area contributed by atoms with Crippen molar-refractivity contribution >= 4 is 29.4 Å². The van der Waals surface area contributed by atoms with Crippen LogP contribution in [0.2, 0.25) is 5.02 Å². The number of ether oxygens (including phenoxy) is 1. The number of nitrogens with zero attached hydrogens (tertiary/aromatic N) is 1. The lowest BCUT2D eigenvalue weighted by Gasteiger charge is -2.37. The first-order valence-electron chi connectivity index (χ1n) is 7.37. The number of hydrogen-bond acceptors (Lipinski definition) is 4. The topological polar surface area (TPSA) is 38.7 Å². The van der Waals surface area contributed by atoms with Crippen molar-refractivity contribution in [1.82, 2.24) is 0 Å². The second kappa shape index (κ2) is 6.43. The monoisotopic (exact) mass is 323 g/mol. The van der Waals surface area contributed by atoms with Crippen LogP contribution in [0.3, 0.4) is 0 Å². The Morgan fingerprint density at radius 3 is 2.81 bits per heavy atom. The van der Waals surface area contributed by atoms with Crippen LogP contribution in [0.25, 0.3) is 0 Å². The second-order valence-corrected chi connectivity index (χ2v) is 7.25. The maximum atomic E-state index is 10.6. The number of carbonyl (C=O) groups excluding carboxylic acids is 1. The smallest absolute Gasteiger partial charge is 0.235 e. The zero-order valence-electron chi connectivity index (χ0n) is 11.8. The molecule has 21 heavy (non-hydrogen) atoms. The van der Waals surface area contributed by atoms with Gasteiger partial charge in [0.05, 0.1) is 10.6 Å². The Labute approximate surface area is 134 Å². The van der Waals surface area contributed by atoms with E-state index in [0.717, 1.165) is 42.7 Å². The molecular formula is C16H18ClNO2S. The van der Waals surface area contributed by atoms with Crippen LogP contribution < -0.4 is 4.74 Å². The van der Waals surface area contributed by atoms with E-state index < -0.39 is 5.54 Å². The molecule has 3 rings (SSSR count). The van der Waals surface area contributed by atoms with Gasteiger partial charge in [-0.3, -0.25) is 0 Å². The van der Waals surface area contributed by atoms with Crippen molar-refractivity contribution in [3.8, 4) is 5.75 Å².